The molecule has 0 spiro atoms. The molecule has 0 atom stereocenters. The van der Waals surface area contributed by atoms with Crippen LogP contribution in [0.3, 0.4) is 0 Å². The highest BCUT2D eigenvalue weighted by Gasteiger charge is 2.09. The first-order valence-corrected chi connectivity index (χ1v) is 5.58. The molecule has 2 rings (SSSR count). The van der Waals surface area contributed by atoms with Crippen LogP contribution in [0.4, 0.5) is 8.78 Å². The van der Waals surface area contributed by atoms with Gasteiger partial charge < -0.3 is 10.5 Å². The quantitative estimate of drug-likeness (QED) is 0.657. The molecule has 2 aromatic carbocycles. The Balaban J connectivity index is 2.08. The van der Waals surface area contributed by atoms with Crippen molar-refractivity contribution in [2.75, 3.05) is 0 Å². The third kappa shape index (κ3) is 3.07. The van der Waals surface area contributed by atoms with Gasteiger partial charge in [0.15, 0.2) is 0 Å². The normalized spacial score (nSPS) is 10.2. The minimum Gasteiger partial charge on any atom is -0.489 e. The molecule has 3 N–H and O–H groups in total. The van der Waals surface area contributed by atoms with Gasteiger partial charge in [-0.3, -0.25) is 5.41 Å². The summed E-state index contributed by atoms with van der Waals surface area (Å²) in [5.41, 5.74) is 5.76. The molecule has 0 aliphatic carbocycles. The van der Waals surface area contributed by atoms with Gasteiger partial charge in [0, 0.05) is 5.56 Å². The van der Waals surface area contributed by atoms with Crippen LogP contribution >= 0.6 is 0 Å². The summed E-state index contributed by atoms with van der Waals surface area (Å²) in [7, 11) is 0. The van der Waals surface area contributed by atoms with Crippen molar-refractivity contribution < 1.29 is 13.5 Å². The first kappa shape index (κ1) is 13.0. The molecule has 0 saturated heterocycles. The largest absolute Gasteiger partial charge is 0.489 e. The number of ether oxygens (including phenoxy) is 1. The molecular formula is C14H12F2N2O. The van der Waals surface area contributed by atoms with Crippen LogP contribution in [0, 0.1) is 17.0 Å². The highest BCUT2D eigenvalue weighted by atomic mass is 19.1. The number of halogens is 2. The van der Waals surface area contributed by atoms with Crippen LogP contribution in [0.2, 0.25) is 0 Å². The number of benzene rings is 2. The predicted octanol–water partition coefficient (Wildman–Crippen LogP) is 2.83. The van der Waals surface area contributed by atoms with E-state index in [2.05, 4.69) is 0 Å². The summed E-state index contributed by atoms with van der Waals surface area (Å²) >= 11 is 0. The van der Waals surface area contributed by atoms with E-state index in [9.17, 15) is 8.78 Å². The second kappa shape index (κ2) is 5.48. The summed E-state index contributed by atoms with van der Waals surface area (Å²) in [5, 5.41) is 7.24. The number of nitrogens with two attached hydrogens (primary N) is 1. The first-order valence-electron chi connectivity index (χ1n) is 5.58. The van der Waals surface area contributed by atoms with Crippen LogP contribution in [-0.2, 0) is 6.61 Å². The molecule has 0 bridgehead atoms. The summed E-state index contributed by atoms with van der Waals surface area (Å²) in [6.45, 7) is -0.197. The van der Waals surface area contributed by atoms with Crippen molar-refractivity contribution in [3.05, 3.63) is 65.2 Å². The molecule has 2 aromatic rings. The number of hydrogen-bond acceptors (Lipinski definition) is 2. The van der Waals surface area contributed by atoms with Crippen LogP contribution in [0.5, 0.6) is 5.75 Å². The van der Waals surface area contributed by atoms with E-state index >= 15 is 0 Å². The fraction of sp³-hybridized carbons (Fsp3) is 0.0714. The number of rotatable bonds is 4. The van der Waals surface area contributed by atoms with E-state index in [1.807, 2.05) is 0 Å². The van der Waals surface area contributed by atoms with Crippen molar-refractivity contribution in [3.63, 3.8) is 0 Å². The Hall–Kier alpha value is -2.43. The maximum atomic E-state index is 13.4. The van der Waals surface area contributed by atoms with Gasteiger partial charge in [-0.25, -0.2) is 8.78 Å². The second-order valence-electron chi connectivity index (χ2n) is 3.93. The molecule has 0 aliphatic rings. The Morgan fingerprint density at radius 1 is 1.05 bits per heavy atom. The van der Waals surface area contributed by atoms with Crippen LogP contribution in [-0.4, -0.2) is 5.84 Å². The van der Waals surface area contributed by atoms with Crippen molar-refractivity contribution >= 4 is 5.84 Å². The molecule has 0 unspecified atom stereocenters. The van der Waals surface area contributed by atoms with E-state index in [0.717, 1.165) is 0 Å². The maximum Gasteiger partial charge on any atom is 0.132 e. The van der Waals surface area contributed by atoms with E-state index in [1.165, 1.54) is 18.2 Å². The average molecular weight is 262 g/mol. The van der Waals surface area contributed by atoms with Gasteiger partial charge in [-0.1, -0.05) is 6.07 Å². The third-order valence-electron chi connectivity index (χ3n) is 2.61. The zero-order valence-electron chi connectivity index (χ0n) is 9.99. The van der Waals surface area contributed by atoms with Crippen molar-refractivity contribution in [1.29, 1.82) is 5.41 Å². The molecule has 98 valence electrons. The fourth-order valence-corrected chi connectivity index (χ4v) is 1.56. The Morgan fingerprint density at radius 3 is 2.16 bits per heavy atom. The van der Waals surface area contributed by atoms with Gasteiger partial charge in [0.05, 0.1) is 5.56 Å². The van der Waals surface area contributed by atoms with Gasteiger partial charge >= 0.3 is 0 Å². The molecule has 5 heteroatoms. The van der Waals surface area contributed by atoms with Crippen LogP contribution < -0.4 is 10.5 Å². The Bertz CT molecular complexity index is 577. The number of nitrogen functional groups attached to an aromatic ring is 1. The lowest BCUT2D eigenvalue weighted by Gasteiger charge is -2.08. The van der Waals surface area contributed by atoms with Crippen molar-refractivity contribution in [1.82, 2.24) is 0 Å². The fourth-order valence-electron chi connectivity index (χ4n) is 1.56. The number of nitrogens with one attached hydrogen (secondary N) is 1. The van der Waals surface area contributed by atoms with Gasteiger partial charge in [-0.15, -0.1) is 0 Å². The van der Waals surface area contributed by atoms with E-state index < -0.39 is 11.6 Å². The average Bonchev–Trinajstić information content (AvgIpc) is 2.38. The van der Waals surface area contributed by atoms with Crippen LogP contribution in [0.25, 0.3) is 0 Å². The van der Waals surface area contributed by atoms with Crippen LogP contribution in [0.15, 0.2) is 42.5 Å². The number of amidine groups is 1. The molecule has 0 aromatic heterocycles. The Morgan fingerprint density at radius 2 is 1.63 bits per heavy atom. The van der Waals surface area contributed by atoms with E-state index in [1.54, 1.807) is 24.3 Å². The van der Waals surface area contributed by atoms with Gasteiger partial charge in [-0.2, -0.15) is 0 Å². The third-order valence-corrected chi connectivity index (χ3v) is 2.61. The minimum atomic E-state index is -0.639. The maximum absolute atomic E-state index is 13.4. The number of hydrogen-bond donors (Lipinski definition) is 2. The van der Waals surface area contributed by atoms with E-state index in [0.29, 0.717) is 11.3 Å². The molecular weight excluding hydrogens is 250 g/mol. The van der Waals surface area contributed by atoms with Gasteiger partial charge in [0.25, 0.3) is 0 Å². The molecule has 19 heavy (non-hydrogen) atoms. The lowest BCUT2D eigenvalue weighted by Crippen LogP contribution is -2.10. The predicted molar refractivity (Wildman–Crippen MR) is 68.1 cm³/mol. The second-order valence-corrected chi connectivity index (χ2v) is 3.93. The molecule has 0 amide bonds. The molecule has 0 aliphatic heterocycles. The molecule has 3 nitrogen and oxygen atoms in total. The smallest absolute Gasteiger partial charge is 0.132 e. The summed E-state index contributed by atoms with van der Waals surface area (Å²) in [5.74, 6) is -0.875. The molecule has 0 fully saturated rings. The van der Waals surface area contributed by atoms with Gasteiger partial charge in [-0.05, 0) is 36.4 Å². The molecule has 0 radical (unpaired) electrons. The molecule has 0 saturated carbocycles. The van der Waals surface area contributed by atoms with E-state index in [4.69, 9.17) is 15.9 Å². The highest BCUT2D eigenvalue weighted by Crippen LogP contribution is 2.17. The lowest BCUT2D eigenvalue weighted by atomic mass is 10.2. The SMILES string of the molecule is N=C(N)c1ccc(OCc2c(F)cccc2F)cc1. The topological polar surface area (TPSA) is 59.1 Å². The standard InChI is InChI=1S/C14H12F2N2O/c15-12-2-1-3-13(16)11(12)8-19-10-6-4-9(5-7-10)14(17)18/h1-7H,8H2,(H3,17,18). The van der Waals surface area contributed by atoms with Crippen molar-refractivity contribution in [2.45, 2.75) is 6.61 Å². The van der Waals surface area contributed by atoms with Crippen LogP contribution in [0.1, 0.15) is 11.1 Å². The Labute approximate surface area is 109 Å². The van der Waals surface area contributed by atoms with Gasteiger partial charge in [0.2, 0.25) is 0 Å². The Kier molecular flexibility index (Phi) is 3.75. The lowest BCUT2D eigenvalue weighted by molar-refractivity contribution is 0.292. The highest BCUT2D eigenvalue weighted by molar-refractivity contribution is 5.94. The zero-order valence-corrected chi connectivity index (χ0v) is 9.99. The first-order chi connectivity index (χ1) is 9.08. The van der Waals surface area contributed by atoms with Gasteiger partial charge in [0.1, 0.15) is 29.8 Å². The summed E-state index contributed by atoms with van der Waals surface area (Å²) in [6, 6.07) is 10.1. The molecule has 0 heterocycles. The van der Waals surface area contributed by atoms with Crippen molar-refractivity contribution in [2.24, 2.45) is 5.73 Å². The summed E-state index contributed by atoms with van der Waals surface area (Å²) < 4.78 is 32.0. The van der Waals surface area contributed by atoms with Crippen molar-refractivity contribution in [3.8, 4) is 5.75 Å². The zero-order chi connectivity index (χ0) is 13.8. The monoisotopic (exact) mass is 262 g/mol. The van der Waals surface area contributed by atoms with E-state index in [-0.39, 0.29) is 18.0 Å². The summed E-state index contributed by atoms with van der Waals surface area (Å²) in [4.78, 5) is 0. The summed E-state index contributed by atoms with van der Waals surface area (Å²) in [6.07, 6.45) is 0. The minimum absolute atomic E-state index is 0.0494.